The summed E-state index contributed by atoms with van der Waals surface area (Å²) in [5.74, 6) is 1.12. The van der Waals surface area contributed by atoms with Crippen molar-refractivity contribution in [1.29, 1.82) is 5.41 Å². The van der Waals surface area contributed by atoms with Crippen molar-refractivity contribution in [2.75, 3.05) is 12.8 Å². The third-order valence-corrected chi connectivity index (χ3v) is 5.59. The van der Waals surface area contributed by atoms with Gasteiger partial charge in [0.15, 0.2) is 5.95 Å². The van der Waals surface area contributed by atoms with Crippen LogP contribution in [0.5, 0.6) is 5.75 Å². The first-order valence-corrected chi connectivity index (χ1v) is 9.82. The predicted octanol–water partition coefficient (Wildman–Crippen LogP) is 2.89. The van der Waals surface area contributed by atoms with Gasteiger partial charge in [0.05, 0.1) is 13.2 Å². The number of alkyl halides is 2. The summed E-state index contributed by atoms with van der Waals surface area (Å²) in [6, 6.07) is 7.44. The molecule has 1 aliphatic rings. The van der Waals surface area contributed by atoms with Crippen LogP contribution < -0.4 is 21.7 Å². The van der Waals surface area contributed by atoms with Crippen LogP contribution in [0.3, 0.4) is 0 Å². The Labute approximate surface area is 176 Å². The van der Waals surface area contributed by atoms with Gasteiger partial charge < -0.3 is 21.2 Å². The van der Waals surface area contributed by atoms with Gasteiger partial charge in [-0.15, -0.1) is 0 Å². The molecule has 1 fully saturated rings. The van der Waals surface area contributed by atoms with Crippen LogP contribution in [-0.2, 0) is 0 Å². The summed E-state index contributed by atoms with van der Waals surface area (Å²) in [5, 5.41) is 9.13. The number of para-hydroxylation sites is 1. The first-order valence-electron chi connectivity index (χ1n) is 9.82. The number of amidine groups is 1. The minimum Gasteiger partial charge on any atom is -0.494 e. The van der Waals surface area contributed by atoms with E-state index in [4.69, 9.17) is 21.6 Å². The minimum absolute atomic E-state index is 0.0294. The zero-order valence-corrected chi connectivity index (χ0v) is 16.8. The second-order valence-corrected chi connectivity index (χ2v) is 7.57. The fourth-order valence-electron chi connectivity index (χ4n) is 3.71. The molecule has 1 aliphatic carbocycles. The number of anilines is 1. The molecule has 0 bridgehead atoms. The molecule has 0 saturated heterocycles. The molecule has 0 spiro atoms. The Bertz CT molecular complexity index is 1170. The van der Waals surface area contributed by atoms with E-state index in [-0.39, 0.29) is 23.6 Å². The number of hydrogen-bond donors (Lipinski definition) is 4. The van der Waals surface area contributed by atoms with Crippen molar-refractivity contribution >= 4 is 22.7 Å². The molecular weight excluding hydrogens is 404 g/mol. The molecule has 10 heteroatoms. The Morgan fingerprint density at radius 3 is 2.71 bits per heavy atom. The van der Waals surface area contributed by atoms with E-state index in [9.17, 15) is 8.78 Å². The second-order valence-electron chi connectivity index (χ2n) is 7.57. The summed E-state index contributed by atoms with van der Waals surface area (Å²) < 4.78 is 30.8. The Morgan fingerprint density at radius 2 is 2.06 bits per heavy atom. The maximum absolute atomic E-state index is 12.7. The molecule has 31 heavy (non-hydrogen) atoms. The van der Waals surface area contributed by atoms with Crippen LogP contribution in [0.15, 0.2) is 41.5 Å². The van der Waals surface area contributed by atoms with Crippen LogP contribution in [0.1, 0.15) is 36.1 Å². The SMILES string of the molecule is COc1cccc2/c(=N/C(=N)[C@H]3C[C@@H](c4ccc([C@@H](N)C(F)F)cn4)C3)[nH]c(N)nc12. The lowest BCUT2D eigenvalue weighted by molar-refractivity contribution is 0.116. The van der Waals surface area contributed by atoms with E-state index in [2.05, 4.69) is 19.9 Å². The molecule has 1 saturated carbocycles. The van der Waals surface area contributed by atoms with E-state index in [1.165, 1.54) is 6.20 Å². The van der Waals surface area contributed by atoms with Gasteiger partial charge in [-0.3, -0.25) is 10.4 Å². The number of aromatic nitrogens is 3. The number of pyridine rings is 1. The minimum atomic E-state index is -2.63. The zero-order valence-electron chi connectivity index (χ0n) is 16.8. The van der Waals surface area contributed by atoms with Crippen LogP contribution in [-0.4, -0.2) is 34.3 Å². The highest BCUT2D eigenvalue weighted by Crippen LogP contribution is 2.41. The van der Waals surface area contributed by atoms with Crippen molar-refractivity contribution in [3.8, 4) is 5.75 Å². The molecule has 162 valence electrons. The number of fused-ring (bicyclic) bond motifs is 1. The molecule has 3 aromatic rings. The highest BCUT2D eigenvalue weighted by molar-refractivity contribution is 5.87. The first kappa shape index (κ1) is 20.9. The fraction of sp³-hybridized carbons (Fsp3) is 0.333. The number of nitrogens with zero attached hydrogens (tertiary/aromatic N) is 3. The zero-order chi connectivity index (χ0) is 22.1. The molecule has 1 atom stereocenters. The fourth-order valence-corrected chi connectivity index (χ4v) is 3.71. The van der Waals surface area contributed by atoms with Crippen LogP contribution in [0.4, 0.5) is 14.7 Å². The maximum atomic E-state index is 12.7. The summed E-state index contributed by atoms with van der Waals surface area (Å²) in [7, 11) is 1.55. The molecule has 0 amide bonds. The van der Waals surface area contributed by atoms with Gasteiger partial charge in [-0.25, -0.2) is 18.8 Å². The van der Waals surface area contributed by atoms with Gasteiger partial charge in [-0.2, -0.15) is 0 Å². The molecule has 0 radical (unpaired) electrons. The summed E-state index contributed by atoms with van der Waals surface area (Å²) >= 11 is 0. The van der Waals surface area contributed by atoms with E-state index in [0.29, 0.717) is 40.5 Å². The Balaban J connectivity index is 1.50. The summed E-state index contributed by atoms with van der Waals surface area (Å²) in [6.45, 7) is 0. The van der Waals surface area contributed by atoms with Gasteiger partial charge >= 0.3 is 0 Å². The van der Waals surface area contributed by atoms with Gasteiger partial charge in [0.25, 0.3) is 6.43 Å². The predicted molar refractivity (Wildman–Crippen MR) is 113 cm³/mol. The van der Waals surface area contributed by atoms with E-state index >= 15 is 0 Å². The lowest BCUT2D eigenvalue weighted by atomic mass is 9.72. The largest absolute Gasteiger partial charge is 0.494 e. The van der Waals surface area contributed by atoms with Crippen LogP contribution >= 0.6 is 0 Å². The van der Waals surface area contributed by atoms with Gasteiger partial charge in [0.1, 0.15) is 22.6 Å². The molecule has 6 N–H and O–H groups in total. The van der Waals surface area contributed by atoms with E-state index in [1.54, 1.807) is 25.3 Å². The van der Waals surface area contributed by atoms with Crippen molar-refractivity contribution in [3.63, 3.8) is 0 Å². The number of nitrogens with two attached hydrogens (primary N) is 2. The summed E-state index contributed by atoms with van der Waals surface area (Å²) in [6.07, 6.45) is 0.191. The maximum Gasteiger partial charge on any atom is 0.257 e. The molecule has 1 aromatic carbocycles. The van der Waals surface area contributed by atoms with Gasteiger partial charge in [0.2, 0.25) is 0 Å². The number of nitrogen functional groups attached to an aromatic ring is 1. The van der Waals surface area contributed by atoms with Gasteiger partial charge in [-0.05, 0) is 36.6 Å². The van der Waals surface area contributed by atoms with Crippen molar-refractivity contribution in [1.82, 2.24) is 15.0 Å². The van der Waals surface area contributed by atoms with Gasteiger partial charge in [0, 0.05) is 29.1 Å². The Morgan fingerprint density at radius 1 is 1.29 bits per heavy atom. The van der Waals surface area contributed by atoms with Crippen molar-refractivity contribution in [2.24, 2.45) is 16.6 Å². The first-order chi connectivity index (χ1) is 14.9. The van der Waals surface area contributed by atoms with Crippen LogP contribution in [0.25, 0.3) is 10.9 Å². The number of aromatic amines is 1. The molecular formula is C21H23F2N7O. The van der Waals surface area contributed by atoms with Crippen molar-refractivity contribution in [2.45, 2.75) is 31.2 Å². The number of hydrogen-bond acceptors (Lipinski definition) is 6. The molecule has 0 aliphatic heterocycles. The molecule has 8 nitrogen and oxygen atoms in total. The summed E-state index contributed by atoms with van der Waals surface area (Å²) in [4.78, 5) is 16.0. The second kappa shape index (κ2) is 8.38. The number of benzene rings is 1. The van der Waals surface area contributed by atoms with Crippen LogP contribution in [0, 0.1) is 11.3 Å². The number of halogens is 2. The molecule has 2 heterocycles. The smallest absolute Gasteiger partial charge is 0.257 e. The standard InChI is InChI=1S/C21H23F2N7O/c1-31-15-4-2-3-13-17(15)28-21(26)30-20(13)29-19(25)12-7-11(8-12)14-6-5-10(9-27-14)16(24)18(22)23/h2-6,9,11-12,16,18H,7-8,24H2,1H3,(H4,25,26,28,29,30)/t11-,12+,16-/m1/s1. The highest BCUT2D eigenvalue weighted by Gasteiger charge is 2.34. The normalized spacial score (nSPS) is 20.0. The quantitative estimate of drug-likeness (QED) is 0.366. The monoisotopic (exact) mass is 427 g/mol. The average Bonchev–Trinajstić information content (AvgIpc) is 2.72. The average molecular weight is 427 g/mol. The Kier molecular flexibility index (Phi) is 5.64. The molecule has 2 aromatic heterocycles. The van der Waals surface area contributed by atoms with E-state index in [1.807, 2.05) is 12.1 Å². The Hall–Kier alpha value is -3.40. The summed E-state index contributed by atoms with van der Waals surface area (Å²) in [5.41, 5.74) is 13.5. The third-order valence-electron chi connectivity index (χ3n) is 5.59. The lowest BCUT2D eigenvalue weighted by Crippen LogP contribution is -2.30. The topological polar surface area (TPSA) is 139 Å². The highest BCUT2D eigenvalue weighted by atomic mass is 19.3. The number of H-pyrrole nitrogens is 1. The van der Waals surface area contributed by atoms with Gasteiger partial charge in [-0.1, -0.05) is 12.1 Å². The van der Waals surface area contributed by atoms with E-state index in [0.717, 1.165) is 5.69 Å². The van der Waals surface area contributed by atoms with E-state index < -0.39 is 12.5 Å². The van der Waals surface area contributed by atoms with Crippen molar-refractivity contribution in [3.05, 3.63) is 53.3 Å². The lowest BCUT2D eigenvalue weighted by Gasteiger charge is -2.34. The third kappa shape index (κ3) is 4.11. The molecule has 0 unspecified atom stereocenters. The molecule has 4 rings (SSSR count). The van der Waals surface area contributed by atoms with Crippen molar-refractivity contribution < 1.29 is 13.5 Å². The number of rotatable bonds is 5. The van der Waals surface area contributed by atoms with Crippen LogP contribution in [0.2, 0.25) is 0 Å². The number of methoxy groups -OCH3 is 1. The number of nitrogens with one attached hydrogen (secondary N) is 2. The number of ether oxygens (including phenoxy) is 1.